The molecule has 0 amide bonds. The SMILES string of the molecule is N#Cc1ccc(C(O)C(Cl)(Cl)Cl)cc1. The van der Waals surface area contributed by atoms with E-state index in [4.69, 9.17) is 40.1 Å². The highest BCUT2D eigenvalue weighted by Gasteiger charge is 2.31. The van der Waals surface area contributed by atoms with Crippen LogP contribution in [-0.2, 0) is 0 Å². The molecule has 0 bridgehead atoms. The summed E-state index contributed by atoms with van der Waals surface area (Å²) in [7, 11) is 0. The number of aliphatic hydroxyl groups is 1. The highest BCUT2D eigenvalue weighted by Crippen LogP contribution is 2.39. The van der Waals surface area contributed by atoms with Crippen molar-refractivity contribution in [2.45, 2.75) is 9.90 Å². The van der Waals surface area contributed by atoms with E-state index in [0.29, 0.717) is 11.1 Å². The van der Waals surface area contributed by atoms with E-state index in [1.165, 1.54) is 0 Å². The molecule has 1 unspecified atom stereocenters. The molecule has 0 aliphatic rings. The molecule has 14 heavy (non-hydrogen) atoms. The molecule has 1 aromatic rings. The van der Waals surface area contributed by atoms with Gasteiger partial charge in [0.15, 0.2) is 0 Å². The van der Waals surface area contributed by atoms with Crippen molar-refractivity contribution in [2.24, 2.45) is 0 Å². The van der Waals surface area contributed by atoms with Crippen molar-refractivity contribution in [3.05, 3.63) is 35.4 Å². The van der Waals surface area contributed by atoms with E-state index in [2.05, 4.69) is 0 Å². The van der Waals surface area contributed by atoms with Gasteiger partial charge >= 0.3 is 0 Å². The lowest BCUT2D eigenvalue weighted by Crippen LogP contribution is -2.16. The number of benzene rings is 1. The molecule has 0 aliphatic carbocycles. The predicted molar refractivity (Wildman–Crippen MR) is 56.4 cm³/mol. The number of nitrogens with zero attached hydrogens (tertiary/aromatic N) is 1. The van der Waals surface area contributed by atoms with E-state index in [9.17, 15) is 5.11 Å². The minimum absolute atomic E-state index is 0.462. The molecule has 0 aromatic heterocycles. The molecular formula is C9H6Cl3NO. The normalized spacial score (nSPS) is 13.4. The van der Waals surface area contributed by atoms with Crippen LogP contribution in [0.4, 0.5) is 0 Å². The first-order valence-corrected chi connectivity index (χ1v) is 4.83. The molecule has 0 spiro atoms. The smallest absolute Gasteiger partial charge is 0.220 e. The lowest BCUT2D eigenvalue weighted by Gasteiger charge is -2.18. The summed E-state index contributed by atoms with van der Waals surface area (Å²) in [6.45, 7) is 0. The summed E-state index contributed by atoms with van der Waals surface area (Å²) in [5, 5.41) is 18.1. The van der Waals surface area contributed by atoms with E-state index in [1.807, 2.05) is 6.07 Å². The highest BCUT2D eigenvalue weighted by atomic mass is 35.6. The number of aliphatic hydroxyl groups excluding tert-OH is 1. The van der Waals surface area contributed by atoms with Crippen LogP contribution in [0.1, 0.15) is 17.2 Å². The van der Waals surface area contributed by atoms with Gasteiger partial charge in [0, 0.05) is 0 Å². The molecule has 0 fully saturated rings. The summed E-state index contributed by atoms with van der Waals surface area (Å²) < 4.78 is -1.76. The molecule has 2 nitrogen and oxygen atoms in total. The number of hydrogen-bond donors (Lipinski definition) is 1. The van der Waals surface area contributed by atoms with Crippen molar-refractivity contribution in [1.29, 1.82) is 5.26 Å². The Hall–Kier alpha value is -0.460. The predicted octanol–water partition coefficient (Wildman–Crippen LogP) is 2.96. The Kier molecular flexibility index (Phi) is 3.63. The van der Waals surface area contributed by atoms with Crippen LogP contribution in [0.2, 0.25) is 0 Å². The third kappa shape index (κ3) is 2.76. The fourth-order valence-corrected chi connectivity index (χ4v) is 1.31. The summed E-state index contributed by atoms with van der Waals surface area (Å²) in [5.74, 6) is 0. The average molecular weight is 251 g/mol. The van der Waals surface area contributed by atoms with Crippen molar-refractivity contribution in [1.82, 2.24) is 0 Å². The summed E-state index contributed by atoms with van der Waals surface area (Å²) in [4.78, 5) is 0. The molecule has 1 atom stereocenters. The number of alkyl halides is 3. The molecule has 1 rings (SSSR count). The third-order valence-electron chi connectivity index (χ3n) is 1.67. The zero-order valence-electron chi connectivity index (χ0n) is 6.92. The van der Waals surface area contributed by atoms with Gasteiger partial charge in [-0.25, -0.2) is 0 Å². The van der Waals surface area contributed by atoms with Gasteiger partial charge in [0.05, 0.1) is 11.6 Å². The Bertz CT molecular complexity index is 350. The van der Waals surface area contributed by atoms with E-state index in [0.717, 1.165) is 0 Å². The summed E-state index contributed by atoms with van der Waals surface area (Å²) in [5.41, 5.74) is 0.953. The molecule has 1 N–H and O–H groups in total. The minimum Gasteiger partial charge on any atom is -0.384 e. The van der Waals surface area contributed by atoms with E-state index >= 15 is 0 Å². The van der Waals surface area contributed by atoms with Gasteiger partial charge in [-0.3, -0.25) is 0 Å². The first-order chi connectivity index (χ1) is 6.45. The van der Waals surface area contributed by atoms with E-state index in [1.54, 1.807) is 24.3 Å². The first kappa shape index (κ1) is 11.6. The second-order valence-electron chi connectivity index (χ2n) is 2.68. The molecule has 0 saturated heterocycles. The number of hydrogen-bond acceptors (Lipinski definition) is 2. The maximum Gasteiger partial charge on any atom is 0.220 e. The van der Waals surface area contributed by atoms with Crippen molar-refractivity contribution in [3.63, 3.8) is 0 Å². The number of nitriles is 1. The molecule has 0 aliphatic heterocycles. The van der Waals surface area contributed by atoms with Crippen LogP contribution in [-0.4, -0.2) is 8.90 Å². The van der Waals surface area contributed by atoms with Crippen molar-refractivity contribution >= 4 is 34.8 Å². The molecule has 0 saturated carbocycles. The molecule has 0 heterocycles. The molecule has 0 radical (unpaired) electrons. The zero-order chi connectivity index (χ0) is 10.8. The fraction of sp³-hybridized carbons (Fsp3) is 0.222. The van der Waals surface area contributed by atoms with Crippen LogP contribution in [0, 0.1) is 11.3 Å². The van der Waals surface area contributed by atoms with Gasteiger partial charge in [0.2, 0.25) is 3.79 Å². The lowest BCUT2D eigenvalue weighted by atomic mass is 10.1. The van der Waals surface area contributed by atoms with Gasteiger partial charge < -0.3 is 5.11 Å². The number of halogens is 3. The van der Waals surface area contributed by atoms with E-state index in [-0.39, 0.29) is 0 Å². The third-order valence-corrected chi connectivity index (χ3v) is 2.29. The largest absolute Gasteiger partial charge is 0.384 e. The summed E-state index contributed by atoms with van der Waals surface area (Å²) in [6.07, 6.45) is -1.19. The monoisotopic (exact) mass is 249 g/mol. The average Bonchev–Trinajstić information content (AvgIpc) is 2.15. The van der Waals surface area contributed by atoms with Crippen LogP contribution in [0.5, 0.6) is 0 Å². The van der Waals surface area contributed by atoms with Crippen LogP contribution in [0.3, 0.4) is 0 Å². The van der Waals surface area contributed by atoms with Crippen LogP contribution in [0.25, 0.3) is 0 Å². The minimum atomic E-state index is -1.76. The summed E-state index contributed by atoms with van der Waals surface area (Å²) in [6, 6.07) is 8.15. The molecule has 1 aromatic carbocycles. The lowest BCUT2D eigenvalue weighted by molar-refractivity contribution is 0.182. The fourth-order valence-electron chi connectivity index (χ4n) is 0.929. The Balaban J connectivity index is 2.94. The quantitative estimate of drug-likeness (QED) is 0.779. The van der Waals surface area contributed by atoms with Crippen LogP contribution >= 0.6 is 34.8 Å². The molecule has 74 valence electrons. The Morgan fingerprint density at radius 1 is 1.21 bits per heavy atom. The summed E-state index contributed by atoms with van der Waals surface area (Å²) >= 11 is 16.5. The van der Waals surface area contributed by atoms with Gasteiger partial charge in [-0.2, -0.15) is 5.26 Å². The zero-order valence-corrected chi connectivity index (χ0v) is 9.18. The van der Waals surface area contributed by atoms with Gasteiger partial charge in [0.25, 0.3) is 0 Å². The second kappa shape index (κ2) is 4.37. The highest BCUT2D eigenvalue weighted by molar-refractivity contribution is 6.68. The topological polar surface area (TPSA) is 44.0 Å². The maximum atomic E-state index is 9.54. The van der Waals surface area contributed by atoms with Crippen molar-refractivity contribution < 1.29 is 5.11 Å². The first-order valence-electron chi connectivity index (χ1n) is 3.70. The Morgan fingerprint density at radius 3 is 2.07 bits per heavy atom. The van der Waals surface area contributed by atoms with Gasteiger partial charge in [-0.05, 0) is 17.7 Å². The standard InChI is InChI=1S/C9H6Cl3NO/c10-9(11,12)8(14)7-3-1-6(5-13)2-4-7/h1-4,8,14H. The van der Waals surface area contributed by atoms with Crippen molar-refractivity contribution in [3.8, 4) is 6.07 Å². The Labute approximate surface area is 96.6 Å². The maximum absolute atomic E-state index is 9.54. The van der Waals surface area contributed by atoms with E-state index < -0.39 is 9.90 Å². The van der Waals surface area contributed by atoms with Gasteiger partial charge in [-0.1, -0.05) is 46.9 Å². The second-order valence-corrected chi connectivity index (χ2v) is 5.05. The Morgan fingerprint density at radius 2 is 1.71 bits per heavy atom. The van der Waals surface area contributed by atoms with Crippen molar-refractivity contribution in [2.75, 3.05) is 0 Å². The molecule has 5 heteroatoms. The number of rotatable bonds is 1. The van der Waals surface area contributed by atoms with Gasteiger partial charge in [-0.15, -0.1) is 0 Å². The van der Waals surface area contributed by atoms with Crippen LogP contribution < -0.4 is 0 Å². The van der Waals surface area contributed by atoms with Gasteiger partial charge in [0.1, 0.15) is 6.10 Å². The molecular weight excluding hydrogens is 244 g/mol. The van der Waals surface area contributed by atoms with Crippen LogP contribution in [0.15, 0.2) is 24.3 Å².